The number of benzene rings is 1. The molecule has 128 valence electrons. The average Bonchev–Trinajstić information content (AvgIpc) is 2.51. The van der Waals surface area contributed by atoms with E-state index >= 15 is 0 Å². The van der Waals surface area contributed by atoms with Gasteiger partial charge in [0.15, 0.2) is 0 Å². The smallest absolute Gasteiger partial charge is 0.326 e. The maximum absolute atomic E-state index is 11.8. The molecule has 1 aromatic carbocycles. The first-order valence-electron chi connectivity index (χ1n) is 7.42. The summed E-state index contributed by atoms with van der Waals surface area (Å²) >= 11 is 0. The summed E-state index contributed by atoms with van der Waals surface area (Å²) in [6.45, 7) is 4.36. The number of carbonyl (C=O) groups excluding carboxylic acids is 1. The third-order valence-corrected chi connectivity index (χ3v) is 2.92. The van der Waals surface area contributed by atoms with Crippen LogP contribution in [0.3, 0.4) is 0 Å². The molecule has 0 radical (unpaired) electrons. The van der Waals surface area contributed by atoms with E-state index in [0.717, 1.165) is 0 Å². The molecule has 0 unspecified atom stereocenters. The number of anilines is 1. The second-order valence-corrected chi connectivity index (χ2v) is 4.92. The molecule has 0 saturated carbocycles. The summed E-state index contributed by atoms with van der Waals surface area (Å²) < 4.78 is 0. The minimum Gasteiger partial charge on any atom is -0.481 e. The van der Waals surface area contributed by atoms with Gasteiger partial charge >= 0.3 is 11.9 Å². The van der Waals surface area contributed by atoms with E-state index in [0.29, 0.717) is 5.69 Å². The minimum absolute atomic E-state index is 0.175. The summed E-state index contributed by atoms with van der Waals surface area (Å²) in [5, 5.41) is 19.7. The first-order chi connectivity index (χ1) is 10.8. The number of nitrogens with two attached hydrogens (primary N) is 1. The molecule has 0 spiro atoms. The Kier molecular flexibility index (Phi) is 9.82. The van der Waals surface area contributed by atoms with Crippen molar-refractivity contribution in [1.82, 2.24) is 5.32 Å². The fourth-order valence-corrected chi connectivity index (χ4v) is 1.40. The second kappa shape index (κ2) is 11.1. The van der Waals surface area contributed by atoms with Crippen LogP contribution in [0.25, 0.3) is 0 Å². The van der Waals surface area contributed by atoms with Crippen molar-refractivity contribution in [3.63, 3.8) is 0 Å². The van der Waals surface area contributed by atoms with Gasteiger partial charge in [-0.05, 0) is 30.7 Å². The molecule has 23 heavy (non-hydrogen) atoms. The molecule has 7 nitrogen and oxygen atoms in total. The van der Waals surface area contributed by atoms with Crippen LogP contribution in [-0.2, 0) is 9.59 Å². The zero-order chi connectivity index (χ0) is 17.8. The van der Waals surface area contributed by atoms with Gasteiger partial charge in [0.25, 0.3) is 5.91 Å². The topological polar surface area (TPSA) is 130 Å². The summed E-state index contributed by atoms with van der Waals surface area (Å²) in [5.74, 6) is -2.98. The number of hydrogen-bond donors (Lipinski definition) is 4. The standard InChI is InChI=1S/C12H14N2O5.C4H10/c13-8-3-1-7(2-4-8)11(17)14-9(12(18)19)5-6-10(15)16;1-3-4-2/h1-4,9H,5-6,13H2,(H,14,17)(H,15,16)(H,18,19);3-4H2,1-2H3/t9-;/m0./s1. The fraction of sp³-hybridized carbons (Fsp3) is 0.438. The SMILES string of the molecule is CCCC.Nc1ccc(C(=O)N[C@@H](CCC(=O)O)C(=O)O)cc1. The van der Waals surface area contributed by atoms with Crippen molar-refractivity contribution >= 4 is 23.5 Å². The Hall–Kier alpha value is -2.57. The number of nitrogen functional groups attached to an aromatic ring is 1. The van der Waals surface area contributed by atoms with Crippen LogP contribution >= 0.6 is 0 Å². The number of nitrogens with one attached hydrogen (secondary N) is 1. The number of amides is 1. The lowest BCUT2D eigenvalue weighted by Crippen LogP contribution is -2.41. The van der Waals surface area contributed by atoms with Crippen LogP contribution in [0.5, 0.6) is 0 Å². The summed E-state index contributed by atoms with van der Waals surface area (Å²) in [6.07, 6.45) is 2.13. The second-order valence-electron chi connectivity index (χ2n) is 4.92. The Balaban J connectivity index is 0.00000108. The number of aliphatic carboxylic acids is 2. The van der Waals surface area contributed by atoms with Crippen molar-refractivity contribution < 1.29 is 24.6 Å². The maximum Gasteiger partial charge on any atom is 0.326 e. The first-order valence-corrected chi connectivity index (χ1v) is 7.42. The molecule has 0 aromatic heterocycles. The molecule has 5 N–H and O–H groups in total. The third kappa shape index (κ3) is 9.13. The predicted molar refractivity (Wildman–Crippen MR) is 87.2 cm³/mol. The quantitative estimate of drug-likeness (QED) is 0.568. The molecule has 0 aliphatic heterocycles. The van der Waals surface area contributed by atoms with Gasteiger partial charge in [-0.3, -0.25) is 9.59 Å². The van der Waals surface area contributed by atoms with Crippen LogP contribution in [0.4, 0.5) is 5.69 Å². The summed E-state index contributed by atoms with van der Waals surface area (Å²) in [7, 11) is 0. The number of hydrogen-bond acceptors (Lipinski definition) is 4. The lowest BCUT2D eigenvalue weighted by atomic mass is 10.1. The third-order valence-electron chi connectivity index (χ3n) is 2.92. The van der Waals surface area contributed by atoms with Gasteiger partial charge in [-0.1, -0.05) is 26.7 Å². The largest absolute Gasteiger partial charge is 0.481 e. The fourth-order valence-electron chi connectivity index (χ4n) is 1.40. The van der Waals surface area contributed by atoms with E-state index in [1.54, 1.807) is 0 Å². The maximum atomic E-state index is 11.8. The van der Waals surface area contributed by atoms with E-state index in [4.69, 9.17) is 15.9 Å². The average molecular weight is 324 g/mol. The van der Waals surface area contributed by atoms with Crippen molar-refractivity contribution in [2.75, 3.05) is 5.73 Å². The summed E-state index contributed by atoms with van der Waals surface area (Å²) in [4.78, 5) is 33.1. The minimum atomic E-state index is -1.27. The molecule has 0 heterocycles. The number of carbonyl (C=O) groups is 3. The number of carboxylic acid groups (broad SMARTS) is 2. The van der Waals surface area contributed by atoms with Gasteiger partial charge in [-0.15, -0.1) is 0 Å². The van der Waals surface area contributed by atoms with Crippen LogP contribution in [0, 0.1) is 0 Å². The van der Waals surface area contributed by atoms with Gasteiger partial charge in [0.1, 0.15) is 6.04 Å². The van der Waals surface area contributed by atoms with E-state index in [2.05, 4.69) is 19.2 Å². The van der Waals surface area contributed by atoms with Gasteiger partial charge in [0.2, 0.25) is 0 Å². The summed E-state index contributed by atoms with van der Waals surface area (Å²) in [5.41, 5.74) is 6.21. The van der Waals surface area contributed by atoms with Crippen LogP contribution in [0.1, 0.15) is 49.9 Å². The van der Waals surface area contributed by atoms with Crippen LogP contribution in [-0.4, -0.2) is 34.1 Å². The highest BCUT2D eigenvalue weighted by Gasteiger charge is 2.21. The summed E-state index contributed by atoms with van der Waals surface area (Å²) in [6, 6.07) is 4.71. The Labute approximate surface area is 135 Å². The molecule has 0 saturated heterocycles. The Morgan fingerprint density at radius 3 is 2.00 bits per heavy atom. The van der Waals surface area contributed by atoms with Crippen LogP contribution in [0.2, 0.25) is 0 Å². The number of rotatable bonds is 7. The van der Waals surface area contributed by atoms with Gasteiger partial charge in [0.05, 0.1) is 0 Å². The molecule has 0 aliphatic rings. The van der Waals surface area contributed by atoms with Gasteiger partial charge in [0, 0.05) is 17.7 Å². The van der Waals surface area contributed by atoms with Crippen molar-refractivity contribution in [2.24, 2.45) is 0 Å². The van der Waals surface area contributed by atoms with E-state index < -0.39 is 23.9 Å². The molecular weight excluding hydrogens is 300 g/mol. The zero-order valence-corrected chi connectivity index (χ0v) is 13.4. The highest BCUT2D eigenvalue weighted by Crippen LogP contribution is 2.06. The molecule has 1 aromatic rings. The molecule has 7 heteroatoms. The normalized spacial score (nSPS) is 10.9. The zero-order valence-electron chi connectivity index (χ0n) is 13.4. The number of unbranched alkanes of at least 4 members (excludes halogenated alkanes) is 1. The molecule has 0 bridgehead atoms. The highest BCUT2D eigenvalue weighted by molar-refractivity contribution is 5.96. The molecule has 0 fully saturated rings. The van der Waals surface area contributed by atoms with Gasteiger partial charge < -0.3 is 21.3 Å². The lowest BCUT2D eigenvalue weighted by molar-refractivity contribution is -0.140. The van der Waals surface area contributed by atoms with Crippen molar-refractivity contribution in [2.45, 2.75) is 45.6 Å². The molecular formula is C16H24N2O5. The Bertz CT molecular complexity index is 512. The van der Waals surface area contributed by atoms with Crippen molar-refractivity contribution in [3.05, 3.63) is 29.8 Å². The van der Waals surface area contributed by atoms with E-state index in [1.807, 2.05) is 0 Å². The lowest BCUT2D eigenvalue weighted by Gasteiger charge is -2.13. The van der Waals surface area contributed by atoms with Crippen molar-refractivity contribution in [3.8, 4) is 0 Å². The highest BCUT2D eigenvalue weighted by atomic mass is 16.4. The predicted octanol–water partition coefficient (Wildman–Crippen LogP) is 2.12. The molecule has 1 amide bonds. The van der Waals surface area contributed by atoms with Crippen LogP contribution < -0.4 is 11.1 Å². The monoisotopic (exact) mass is 324 g/mol. The molecule has 0 aliphatic carbocycles. The van der Waals surface area contributed by atoms with Crippen LogP contribution in [0.15, 0.2) is 24.3 Å². The Morgan fingerprint density at radius 2 is 1.61 bits per heavy atom. The molecule has 1 atom stereocenters. The molecule has 1 rings (SSSR count). The van der Waals surface area contributed by atoms with E-state index in [-0.39, 0.29) is 18.4 Å². The van der Waals surface area contributed by atoms with E-state index in [1.165, 1.54) is 37.1 Å². The van der Waals surface area contributed by atoms with Gasteiger partial charge in [-0.25, -0.2) is 4.79 Å². The van der Waals surface area contributed by atoms with Crippen molar-refractivity contribution in [1.29, 1.82) is 0 Å². The Morgan fingerprint density at radius 1 is 1.09 bits per heavy atom. The van der Waals surface area contributed by atoms with E-state index in [9.17, 15) is 14.4 Å². The first kappa shape index (κ1) is 20.4. The number of carboxylic acids is 2. The van der Waals surface area contributed by atoms with Gasteiger partial charge in [-0.2, -0.15) is 0 Å².